The fourth-order valence-corrected chi connectivity index (χ4v) is 2.04. The molecular formula is C12H16ClNO2. The fourth-order valence-electron chi connectivity index (χ4n) is 2.04. The zero-order valence-electron chi connectivity index (χ0n) is 8.84. The summed E-state index contributed by atoms with van der Waals surface area (Å²) >= 11 is 0. The molecule has 2 aliphatic carbocycles. The minimum Gasteiger partial charge on any atom is -0.384 e. The monoisotopic (exact) mass is 241 g/mol. The van der Waals surface area contributed by atoms with Crippen LogP contribution in [0, 0.1) is 0 Å². The number of fused-ring (bicyclic) bond motifs is 1. The summed E-state index contributed by atoms with van der Waals surface area (Å²) in [4.78, 5) is 0. The van der Waals surface area contributed by atoms with Gasteiger partial charge in [0.2, 0.25) is 0 Å². The van der Waals surface area contributed by atoms with Crippen LogP contribution in [0.1, 0.15) is 6.42 Å². The molecule has 4 N–H and O–H groups in total. The number of allylic oxidation sites excluding steroid dienone is 4. The summed E-state index contributed by atoms with van der Waals surface area (Å²) in [5, 5.41) is 20.1. The average Bonchev–Trinajstić information content (AvgIpc) is 2.20. The Hall–Kier alpha value is -0.870. The largest absolute Gasteiger partial charge is 0.384 e. The second-order valence-corrected chi connectivity index (χ2v) is 3.85. The van der Waals surface area contributed by atoms with Gasteiger partial charge >= 0.3 is 0 Å². The Morgan fingerprint density at radius 3 is 2.75 bits per heavy atom. The number of hydrogen-bond acceptors (Lipinski definition) is 3. The van der Waals surface area contributed by atoms with Crippen LogP contribution in [0.2, 0.25) is 0 Å². The molecule has 0 radical (unpaired) electrons. The molecular weight excluding hydrogens is 226 g/mol. The van der Waals surface area contributed by atoms with Crippen LogP contribution >= 0.6 is 12.4 Å². The third-order valence-corrected chi connectivity index (χ3v) is 2.83. The first-order valence-electron chi connectivity index (χ1n) is 5.06. The Kier molecular flexibility index (Phi) is 4.10. The third kappa shape index (κ3) is 2.13. The van der Waals surface area contributed by atoms with Crippen LogP contribution < -0.4 is 5.73 Å². The molecule has 0 bridgehead atoms. The van der Waals surface area contributed by atoms with E-state index in [2.05, 4.69) is 0 Å². The van der Waals surface area contributed by atoms with E-state index < -0.39 is 11.7 Å². The number of hydrogen-bond donors (Lipinski definition) is 3. The highest BCUT2D eigenvalue weighted by molar-refractivity contribution is 5.85. The van der Waals surface area contributed by atoms with E-state index in [4.69, 9.17) is 5.73 Å². The van der Waals surface area contributed by atoms with Gasteiger partial charge in [-0.25, -0.2) is 0 Å². The molecule has 3 nitrogen and oxygen atoms in total. The summed E-state index contributed by atoms with van der Waals surface area (Å²) in [5.74, 6) is 0. The van der Waals surface area contributed by atoms with Crippen molar-refractivity contribution >= 4 is 12.4 Å². The lowest BCUT2D eigenvalue weighted by molar-refractivity contribution is 0.118. The van der Waals surface area contributed by atoms with Crippen LogP contribution in [-0.4, -0.2) is 28.5 Å². The molecule has 0 aliphatic heterocycles. The Morgan fingerprint density at radius 1 is 1.31 bits per heavy atom. The normalized spacial score (nSPS) is 31.3. The van der Waals surface area contributed by atoms with Crippen LogP contribution in [0.25, 0.3) is 0 Å². The number of halogens is 1. The first kappa shape index (κ1) is 13.2. The van der Waals surface area contributed by atoms with Crippen LogP contribution in [0.5, 0.6) is 0 Å². The molecule has 0 spiro atoms. The SMILES string of the molecule is Cl.NCCC1(O)C=CC=C2C1=CC=CC2O. The van der Waals surface area contributed by atoms with Crippen molar-refractivity contribution in [3.63, 3.8) is 0 Å². The molecule has 4 heteroatoms. The molecule has 0 aromatic heterocycles. The highest BCUT2D eigenvalue weighted by atomic mass is 35.5. The number of rotatable bonds is 2. The maximum absolute atomic E-state index is 10.4. The quantitative estimate of drug-likeness (QED) is 0.671. The van der Waals surface area contributed by atoms with Crippen LogP contribution in [-0.2, 0) is 0 Å². The Bertz CT molecular complexity index is 384. The van der Waals surface area contributed by atoms with Crippen molar-refractivity contribution in [1.82, 2.24) is 0 Å². The van der Waals surface area contributed by atoms with Crippen molar-refractivity contribution in [2.75, 3.05) is 6.54 Å². The summed E-state index contributed by atoms with van der Waals surface area (Å²) in [6.07, 6.45) is 10.4. The van der Waals surface area contributed by atoms with Crippen molar-refractivity contribution in [2.45, 2.75) is 18.1 Å². The van der Waals surface area contributed by atoms with Crippen LogP contribution in [0.15, 0.2) is 47.6 Å². The lowest BCUT2D eigenvalue weighted by atomic mass is 9.78. The van der Waals surface area contributed by atoms with Crippen molar-refractivity contribution < 1.29 is 10.2 Å². The maximum atomic E-state index is 10.4. The Morgan fingerprint density at radius 2 is 2.06 bits per heavy atom. The minimum absolute atomic E-state index is 0. The molecule has 0 fully saturated rings. The minimum atomic E-state index is -1.02. The number of nitrogens with two attached hydrogens (primary N) is 1. The Labute approximate surface area is 101 Å². The number of aliphatic hydroxyl groups is 2. The smallest absolute Gasteiger partial charge is 0.110 e. The van der Waals surface area contributed by atoms with Gasteiger partial charge in [-0.2, -0.15) is 0 Å². The van der Waals surface area contributed by atoms with Gasteiger partial charge in [0.25, 0.3) is 0 Å². The van der Waals surface area contributed by atoms with Gasteiger partial charge in [-0.3, -0.25) is 0 Å². The van der Waals surface area contributed by atoms with Crippen molar-refractivity contribution in [3.8, 4) is 0 Å². The van der Waals surface area contributed by atoms with E-state index in [-0.39, 0.29) is 12.4 Å². The van der Waals surface area contributed by atoms with Gasteiger partial charge in [0, 0.05) is 0 Å². The van der Waals surface area contributed by atoms with E-state index >= 15 is 0 Å². The molecule has 2 atom stereocenters. The van der Waals surface area contributed by atoms with Gasteiger partial charge in [-0.15, -0.1) is 12.4 Å². The maximum Gasteiger partial charge on any atom is 0.110 e. The molecule has 2 unspecified atom stereocenters. The first-order valence-corrected chi connectivity index (χ1v) is 5.06. The molecule has 2 aliphatic rings. The van der Waals surface area contributed by atoms with Gasteiger partial charge in [0.15, 0.2) is 0 Å². The molecule has 0 aromatic carbocycles. The lowest BCUT2D eigenvalue weighted by Gasteiger charge is -2.34. The summed E-state index contributed by atoms with van der Waals surface area (Å²) in [6, 6.07) is 0. The molecule has 0 aromatic rings. The van der Waals surface area contributed by atoms with Gasteiger partial charge in [0.05, 0.1) is 6.10 Å². The summed E-state index contributed by atoms with van der Waals surface area (Å²) in [6.45, 7) is 0.408. The standard InChI is InChI=1S/C12H15NO2.ClH/c13-8-7-12(15)6-2-3-9-10(12)4-1-5-11(9)14;/h1-6,11,14-15H,7-8,13H2;1H. The zero-order valence-corrected chi connectivity index (χ0v) is 9.65. The summed E-state index contributed by atoms with van der Waals surface area (Å²) in [7, 11) is 0. The summed E-state index contributed by atoms with van der Waals surface area (Å²) < 4.78 is 0. The van der Waals surface area contributed by atoms with E-state index in [1.54, 1.807) is 24.3 Å². The number of aliphatic hydroxyl groups excluding tert-OH is 1. The average molecular weight is 242 g/mol. The van der Waals surface area contributed by atoms with E-state index in [0.717, 1.165) is 11.1 Å². The van der Waals surface area contributed by atoms with Crippen molar-refractivity contribution in [1.29, 1.82) is 0 Å². The second-order valence-electron chi connectivity index (χ2n) is 3.85. The second kappa shape index (κ2) is 4.97. The van der Waals surface area contributed by atoms with Crippen molar-refractivity contribution in [3.05, 3.63) is 47.6 Å². The fraction of sp³-hybridized carbons (Fsp3) is 0.333. The molecule has 2 rings (SSSR count). The van der Waals surface area contributed by atoms with Gasteiger partial charge < -0.3 is 15.9 Å². The van der Waals surface area contributed by atoms with E-state index in [0.29, 0.717) is 13.0 Å². The predicted octanol–water partition coefficient (Wildman–Crippen LogP) is 0.841. The highest BCUT2D eigenvalue weighted by Gasteiger charge is 2.34. The molecule has 88 valence electrons. The molecule has 0 amide bonds. The zero-order chi connectivity index (χ0) is 10.9. The highest BCUT2D eigenvalue weighted by Crippen LogP contribution is 2.35. The topological polar surface area (TPSA) is 66.5 Å². The summed E-state index contributed by atoms with van der Waals surface area (Å²) in [5.41, 5.74) is 5.97. The first-order chi connectivity index (χ1) is 7.17. The molecule has 16 heavy (non-hydrogen) atoms. The van der Waals surface area contributed by atoms with Gasteiger partial charge in [-0.1, -0.05) is 30.4 Å². The van der Waals surface area contributed by atoms with E-state index in [9.17, 15) is 10.2 Å². The molecule has 0 heterocycles. The Balaban J connectivity index is 0.00000128. The van der Waals surface area contributed by atoms with E-state index in [1.165, 1.54) is 0 Å². The third-order valence-electron chi connectivity index (χ3n) is 2.83. The van der Waals surface area contributed by atoms with Gasteiger partial charge in [0.1, 0.15) is 5.60 Å². The predicted molar refractivity (Wildman–Crippen MR) is 66.3 cm³/mol. The van der Waals surface area contributed by atoms with Crippen LogP contribution in [0.4, 0.5) is 0 Å². The van der Waals surface area contributed by atoms with Crippen LogP contribution in [0.3, 0.4) is 0 Å². The van der Waals surface area contributed by atoms with E-state index in [1.807, 2.05) is 12.2 Å². The van der Waals surface area contributed by atoms with Gasteiger partial charge in [-0.05, 0) is 30.2 Å². The van der Waals surface area contributed by atoms with Crippen molar-refractivity contribution in [2.24, 2.45) is 5.73 Å². The molecule has 0 saturated carbocycles. The molecule has 0 saturated heterocycles. The lowest BCUT2D eigenvalue weighted by Crippen LogP contribution is -2.36.